The summed E-state index contributed by atoms with van der Waals surface area (Å²) in [5.41, 5.74) is 6.62. The summed E-state index contributed by atoms with van der Waals surface area (Å²) in [5.74, 6) is -0.655. The second kappa shape index (κ2) is 9.27. The van der Waals surface area contributed by atoms with Crippen molar-refractivity contribution >= 4 is 40.0 Å². The number of carbonyl (C=O) groups is 2. The number of halogens is 1. The van der Waals surface area contributed by atoms with Crippen molar-refractivity contribution in [2.75, 3.05) is 23.3 Å². The molecule has 1 unspecified atom stereocenters. The molecule has 0 spiro atoms. The Morgan fingerprint density at radius 1 is 1.31 bits per heavy atom. The van der Waals surface area contributed by atoms with E-state index in [0.29, 0.717) is 12.4 Å². The number of hydrogen-bond acceptors (Lipinski definition) is 8. The predicted molar refractivity (Wildman–Crippen MR) is 120 cm³/mol. The second-order valence-electron chi connectivity index (χ2n) is 7.52. The third-order valence-corrected chi connectivity index (χ3v) is 5.83. The summed E-state index contributed by atoms with van der Waals surface area (Å²) in [5, 5.41) is 6.75. The molecule has 1 aliphatic rings. The lowest BCUT2D eigenvalue weighted by molar-refractivity contribution is 0.0931. The summed E-state index contributed by atoms with van der Waals surface area (Å²) in [6.07, 6.45) is 3.11. The lowest BCUT2D eigenvalue weighted by Gasteiger charge is -2.34. The van der Waals surface area contributed by atoms with E-state index in [0.717, 1.165) is 30.1 Å². The van der Waals surface area contributed by atoms with Crippen molar-refractivity contribution in [1.82, 2.24) is 19.7 Å². The van der Waals surface area contributed by atoms with Crippen molar-refractivity contribution in [1.29, 1.82) is 0 Å². The normalized spacial score (nSPS) is 15.9. The maximum Gasteiger partial charge on any atom is 0.271 e. The number of anilines is 3. The quantitative estimate of drug-likeness (QED) is 0.522. The molecule has 2 aromatic heterocycles. The van der Waals surface area contributed by atoms with Crippen LogP contribution in [0.2, 0.25) is 0 Å². The largest absolute Gasteiger partial charge is 0.364 e. The smallest absolute Gasteiger partial charge is 0.271 e. The third kappa shape index (κ3) is 4.99. The SMILES string of the molecule is Cc1cc(Nc2nc(N3CCCC(NC(=O)c4cccc(F)c4)C3)cnc2C(N)=O)sn1. The maximum atomic E-state index is 13.4. The number of piperidine rings is 1. The Morgan fingerprint density at radius 2 is 2.16 bits per heavy atom. The number of nitrogens with zero attached hydrogens (tertiary/aromatic N) is 4. The van der Waals surface area contributed by atoms with Gasteiger partial charge in [0.1, 0.15) is 16.6 Å². The van der Waals surface area contributed by atoms with E-state index in [4.69, 9.17) is 5.73 Å². The first-order valence-electron chi connectivity index (χ1n) is 10.1. The fraction of sp³-hybridized carbons (Fsp3) is 0.286. The molecule has 1 saturated heterocycles. The molecule has 4 rings (SSSR count). The van der Waals surface area contributed by atoms with Gasteiger partial charge in [0, 0.05) is 24.7 Å². The van der Waals surface area contributed by atoms with E-state index >= 15 is 0 Å². The number of primary amides is 1. The molecule has 9 nitrogen and oxygen atoms in total. The zero-order valence-electron chi connectivity index (χ0n) is 17.3. The molecule has 166 valence electrons. The molecule has 32 heavy (non-hydrogen) atoms. The van der Waals surface area contributed by atoms with Crippen molar-refractivity contribution in [3.05, 3.63) is 59.3 Å². The molecule has 0 bridgehead atoms. The Hall–Kier alpha value is -3.60. The fourth-order valence-electron chi connectivity index (χ4n) is 3.54. The van der Waals surface area contributed by atoms with Crippen LogP contribution in [0.1, 0.15) is 39.4 Å². The summed E-state index contributed by atoms with van der Waals surface area (Å²) in [4.78, 5) is 35.1. The van der Waals surface area contributed by atoms with E-state index in [9.17, 15) is 14.0 Å². The number of hydrogen-bond donors (Lipinski definition) is 3. The highest BCUT2D eigenvalue weighted by atomic mass is 32.1. The molecule has 0 radical (unpaired) electrons. The monoisotopic (exact) mass is 455 g/mol. The molecule has 1 aliphatic heterocycles. The van der Waals surface area contributed by atoms with Gasteiger partial charge in [0.05, 0.1) is 11.9 Å². The topological polar surface area (TPSA) is 126 Å². The molecule has 4 N–H and O–H groups in total. The summed E-state index contributed by atoms with van der Waals surface area (Å²) < 4.78 is 17.6. The first-order chi connectivity index (χ1) is 15.4. The van der Waals surface area contributed by atoms with Crippen molar-refractivity contribution in [3.8, 4) is 0 Å². The summed E-state index contributed by atoms with van der Waals surface area (Å²) >= 11 is 1.24. The first-order valence-corrected chi connectivity index (χ1v) is 10.8. The molecule has 3 aromatic rings. The Bertz CT molecular complexity index is 1150. The van der Waals surface area contributed by atoms with Gasteiger partial charge in [0.25, 0.3) is 11.8 Å². The van der Waals surface area contributed by atoms with Crippen LogP contribution in [0.3, 0.4) is 0 Å². The molecule has 0 aliphatic carbocycles. The molecule has 3 heterocycles. The van der Waals surface area contributed by atoms with E-state index in [1.165, 1.54) is 35.9 Å². The highest BCUT2D eigenvalue weighted by molar-refractivity contribution is 7.10. The average Bonchev–Trinajstić information content (AvgIpc) is 3.18. The lowest BCUT2D eigenvalue weighted by Crippen LogP contribution is -2.48. The van der Waals surface area contributed by atoms with Crippen LogP contribution >= 0.6 is 11.5 Å². The van der Waals surface area contributed by atoms with Gasteiger partial charge in [-0.3, -0.25) is 9.59 Å². The van der Waals surface area contributed by atoms with Crippen LogP contribution in [-0.2, 0) is 0 Å². The van der Waals surface area contributed by atoms with Crippen molar-refractivity contribution < 1.29 is 14.0 Å². The van der Waals surface area contributed by atoms with Crippen LogP contribution in [0.15, 0.2) is 36.5 Å². The molecule has 1 atom stereocenters. The summed E-state index contributed by atoms with van der Waals surface area (Å²) in [6, 6.07) is 7.29. The van der Waals surface area contributed by atoms with Crippen molar-refractivity contribution in [3.63, 3.8) is 0 Å². The van der Waals surface area contributed by atoms with Gasteiger partial charge in [0.2, 0.25) is 0 Å². The average molecular weight is 456 g/mol. The maximum absolute atomic E-state index is 13.4. The minimum atomic E-state index is -0.688. The van der Waals surface area contributed by atoms with Gasteiger partial charge in [0.15, 0.2) is 11.5 Å². The van der Waals surface area contributed by atoms with E-state index in [1.807, 2.05) is 17.9 Å². The Morgan fingerprint density at radius 3 is 2.88 bits per heavy atom. The molecular weight excluding hydrogens is 433 g/mol. The van der Waals surface area contributed by atoms with Crippen LogP contribution < -0.4 is 21.3 Å². The molecule has 2 amide bonds. The number of rotatable bonds is 6. The van der Waals surface area contributed by atoms with Gasteiger partial charge >= 0.3 is 0 Å². The van der Waals surface area contributed by atoms with E-state index in [2.05, 4.69) is 25.0 Å². The fourth-order valence-corrected chi connectivity index (χ4v) is 4.20. The van der Waals surface area contributed by atoms with Crippen LogP contribution in [0, 0.1) is 12.7 Å². The van der Waals surface area contributed by atoms with Crippen LogP contribution in [0.4, 0.5) is 21.0 Å². The Kier molecular flexibility index (Phi) is 6.26. The van der Waals surface area contributed by atoms with Crippen molar-refractivity contribution in [2.45, 2.75) is 25.8 Å². The molecular formula is C21H22FN7O2S. The van der Waals surface area contributed by atoms with Crippen LogP contribution in [-0.4, -0.2) is 45.3 Å². The van der Waals surface area contributed by atoms with Crippen molar-refractivity contribution in [2.24, 2.45) is 5.73 Å². The molecule has 11 heteroatoms. The number of amides is 2. The van der Waals surface area contributed by atoms with Gasteiger partial charge < -0.3 is 21.3 Å². The molecule has 1 fully saturated rings. The number of nitrogens with one attached hydrogen (secondary N) is 2. The number of aryl methyl sites for hydroxylation is 1. The zero-order valence-corrected chi connectivity index (χ0v) is 18.2. The number of nitrogens with two attached hydrogens (primary N) is 1. The minimum absolute atomic E-state index is 0.0350. The second-order valence-corrected chi connectivity index (χ2v) is 8.32. The number of benzene rings is 1. The minimum Gasteiger partial charge on any atom is -0.364 e. The highest BCUT2D eigenvalue weighted by Gasteiger charge is 2.24. The molecule has 1 aromatic carbocycles. The lowest BCUT2D eigenvalue weighted by atomic mass is 10.0. The summed E-state index contributed by atoms with van der Waals surface area (Å²) in [7, 11) is 0. The predicted octanol–water partition coefficient (Wildman–Crippen LogP) is 2.62. The van der Waals surface area contributed by atoms with Gasteiger partial charge in [-0.15, -0.1) is 0 Å². The standard InChI is InChI=1S/C21H22FN7O2S/c1-12-8-17(32-28-12)27-20-18(19(23)30)24-10-16(26-20)29-7-3-6-15(11-29)25-21(31)13-4-2-5-14(22)9-13/h2,4-5,8-10,15H,3,6-7,11H2,1H3,(H2,23,30)(H,25,31)(H,26,27). The van der Waals surface area contributed by atoms with Gasteiger partial charge in [-0.25, -0.2) is 14.4 Å². The Balaban J connectivity index is 1.50. The van der Waals surface area contributed by atoms with E-state index < -0.39 is 11.7 Å². The third-order valence-electron chi connectivity index (χ3n) is 5.03. The van der Waals surface area contributed by atoms with Crippen LogP contribution in [0.5, 0.6) is 0 Å². The van der Waals surface area contributed by atoms with E-state index in [1.54, 1.807) is 6.07 Å². The number of aromatic nitrogens is 3. The zero-order chi connectivity index (χ0) is 22.7. The molecule has 0 saturated carbocycles. The van der Waals surface area contributed by atoms with Gasteiger partial charge in [-0.2, -0.15) is 4.37 Å². The summed E-state index contributed by atoms with van der Waals surface area (Å²) in [6.45, 7) is 3.09. The number of carbonyl (C=O) groups excluding carboxylic acids is 2. The van der Waals surface area contributed by atoms with Gasteiger partial charge in [-0.05, 0) is 55.6 Å². The van der Waals surface area contributed by atoms with Gasteiger partial charge in [-0.1, -0.05) is 6.07 Å². The highest BCUT2D eigenvalue weighted by Crippen LogP contribution is 2.25. The van der Waals surface area contributed by atoms with Crippen LogP contribution in [0.25, 0.3) is 0 Å². The van der Waals surface area contributed by atoms with E-state index in [-0.39, 0.29) is 29.0 Å². The Labute approximate surface area is 188 Å². The first kappa shape index (κ1) is 21.6.